The van der Waals surface area contributed by atoms with Crippen LogP contribution < -0.4 is 17.0 Å². The Morgan fingerprint density at radius 2 is 1.51 bits per heavy atom. The van der Waals surface area contributed by atoms with Crippen LogP contribution in [0.1, 0.15) is 91.7 Å². The number of quaternary nitrogens is 1. The number of nitrogens with two attached hydrogens (primary N) is 1. The van der Waals surface area contributed by atoms with E-state index in [1.54, 1.807) is 0 Å². The number of hydrogen-bond donors (Lipinski definition) is 6. The number of H-pyrrole nitrogens is 2. The van der Waals surface area contributed by atoms with Crippen LogP contribution in [-0.2, 0) is 13.8 Å². The maximum Gasteiger partial charge on any atom is 0.469 e. The van der Waals surface area contributed by atoms with Gasteiger partial charge < -0.3 is 29.8 Å². The number of aromatic amines is 2. The molecule has 0 aliphatic carbocycles. The Hall–Kier alpha value is -2.06. The van der Waals surface area contributed by atoms with Crippen molar-refractivity contribution in [2.45, 2.75) is 104 Å². The first kappa shape index (κ1) is 35.1. The molecule has 15 heteroatoms. The van der Waals surface area contributed by atoms with E-state index in [1.807, 2.05) is 0 Å². The largest absolute Gasteiger partial charge is 0.469 e. The number of unbranched alkanes of at least 4 members (excludes halogenated alkanes) is 4. The average Bonchev–Trinajstić information content (AvgIpc) is 3.44. The highest BCUT2D eigenvalue weighted by molar-refractivity contribution is 7.46. The number of aliphatic hydroxyl groups is 1. The standard InChI is InChI=1S/C16H36N.C10H14N5O8P/c1-5-9-13-17(14-10-6-2,15-11-7-3)16-12-8-4;11-9-13-7-6(8(17)14-9)12-10(18)15(7)5-1-3(16)4(23-5)2-22-24(19,20)21/h5-16H2,1-4H3;3-5,16H,1-2H2,(H,12,18)(H2,19,20,21)(H3,11,13,14,17)/q+1;/t;3-,4+,5+/m.0/s1. The lowest BCUT2D eigenvalue weighted by molar-refractivity contribution is -0.929. The normalized spacial score (nSPS) is 19.4. The van der Waals surface area contributed by atoms with Gasteiger partial charge in [0.1, 0.15) is 12.3 Å². The van der Waals surface area contributed by atoms with Crippen LogP contribution in [-0.4, -0.2) is 83.9 Å². The number of imidazole rings is 1. The van der Waals surface area contributed by atoms with Gasteiger partial charge in [0.2, 0.25) is 5.95 Å². The molecule has 3 atom stereocenters. The molecule has 0 spiro atoms. The van der Waals surface area contributed by atoms with Crippen LogP contribution in [0, 0.1) is 0 Å². The minimum absolute atomic E-state index is 0.0602. The first-order valence-electron chi connectivity index (χ1n) is 14.8. The molecule has 7 N–H and O–H groups in total. The summed E-state index contributed by atoms with van der Waals surface area (Å²) in [7, 11) is -4.73. The van der Waals surface area contributed by atoms with Crippen molar-refractivity contribution in [3.05, 3.63) is 20.8 Å². The second-order valence-electron chi connectivity index (χ2n) is 10.8. The van der Waals surface area contributed by atoms with E-state index in [9.17, 15) is 19.3 Å². The molecule has 2 aromatic heterocycles. The zero-order valence-electron chi connectivity index (χ0n) is 24.9. The summed E-state index contributed by atoms with van der Waals surface area (Å²) < 4.78 is 22.9. The van der Waals surface area contributed by atoms with E-state index < -0.39 is 44.1 Å². The molecule has 1 aliphatic heterocycles. The van der Waals surface area contributed by atoms with Gasteiger partial charge in [0.25, 0.3) is 5.56 Å². The fraction of sp³-hybridized carbons (Fsp3) is 0.808. The first-order chi connectivity index (χ1) is 19.4. The number of fused-ring (bicyclic) bond motifs is 1. The Kier molecular flexibility index (Phi) is 14.2. The third kappa shape index (κ3) is 10.6. The molecule has 0 amide bonds. The van der Waals surface area contributed by atoms with Crippen LogP contribution in [0.3, 0.4) is 0 Å². The van der Waals surface area contributed by atoms with E-state index in [0.29, 0.717) is 0 Å². The SMILES string of the molecule is CCCC[N+](CCCC)(CCCC)CCCC.Nc1nc2c([nH]c(=O)n2[C@H]2C[C@H](O)[C@@H](COP(=O)(O)O)O2)c(=O)[nH]1. The van der Waals surface area contributed by atoms with E-state index in [4.69, 9.17) is 20.3 Å². The second kappa shape index (κ2) is 16.5. The Balaban J connectivity index is 0.000000307. The van der Waals surface area contributed by atoms with Gasteiger partial charge in [-0.15, -0.1) is 0 Å². The Bertz CT molecular complexity index is 1190. The number of nitrogen functional groups attached to an aromatic ring is 1. The van der Waals surface area contributed by atoms with E-state index in [2.05, 4.69) is 47.2 Å². The minimum atomic E-state index is -4.73. The minimum Gasteiger partial charge on any atom is -0.390 e. The summed E-state index contributed by atoms with van der Waals surface area (Å²) >= 11 is 0. The average molecular weight is 606 g/mol. The number of hydrogen-bond acceptors (Lipinski definition) is 8. The third-order valence-corrected chi connectivity index (χ3v) is 7.93. The van der Waals surface area contributed by atoms with Crippen LogP contribution in [0.25, 0.3) is 11.2 Å². The van der Waals surface area contributed by atoms with Gasteiger partial charge in [0, 0.05) is 6.42 Å². The number of nitrogens with zero attached hydrogens (tertiary/aromatic N) is 3. The smallest absolute Gasteiger partial charge is 0.390 e. The molecular formula is C26H50N6O8P+. The van der Waals surface area contributed by atoms with E-state index in [0.717, 1.165) is 4.57 Å². The van der Waals surface area contributed by atoms with Crippen molar-refractivity contribution in [3.8, 4) is 0 Å². The van der Waals surface area contributed by atoms with Gasteiger partial charge in [-0.2, -0.15) is 4.98 Å². The third-order valence-electron chi connectivity index (χ3n) is 7.44. The number of rotatable bonds is 16. The van der Waals surface area contributed by atoms with Crippen LogP contribution in [0.15, 0.2) is 9.59 Å². The van der Waals surface area contributed by atoms with Crippen molar-refractivity contribution >= 4 is 24.9 Å². The number of phosphoric acid groups is 1. The highest BCUT2D eigenvalue weighted by Crippen LogP contribution is 2.38. The number of ether oxygens (including phenoxy) is 1. The fourth-order valence-corrected chi connectivity index (χ4v) is 5.48. The summed E-state index contributed by atoms with van der Waals surface area (Å²) in [6.07, 6.45) is 7.76. The number of aliphatic hydroxyl groups excluding tert-OH is 1. The van der Waals surface area contributed by atoms with E-state index in [1.165, 1.54) is 82.0 Å². The van der Waals surface area contributed by atoms with Crippen LogP contribution >= 0.6 is 7.82 Å². The summed E-state index contributed by atoms with van der Waals surface area (Å²) in [5, 5.41) is 9.93. The number of anilines is 1. The Morgan fingerprint density at radius 3 is 1.98 bits per heavy atom. The number of aromatic nitrogens is 4. The maximum absolute atomic E-state index is 12.1. The summed E-state index contributed by atoms with van der Waals surface area (Å²) in [4.78, 5) is 49.6. The van der Waals surface area contributed by atoms with E-state index >= 15 is 0 Å². The first-order valence-corrected chi connectivity index (χ1v) is 16.3. The van der Waals surface area contributed by atoms with Gasteiger partial charge in [-0.05, 0) is 25.7 Å². The zero-order chi connectivity index (χ0) is 30.6. The van der Waals surface area contributed by atoms with Crippen LogP contribution in [0.5, 0.6) is 0 Å². The molecule has 0 bridgehead atoms. The molecule has 41 heavy (non-hydrogen) atoms. The van der Waals surface area contributed by atoms with Crippen LogP contribution in [0.4, 0.5) is 5.95 Å². The van der Waals surface area contributed by atoms with Crippen molar-refractivity contribution in [2.24, 2.45) is 0 Å². The predicted octanol–water partition coefficient (Wildman–Crippen LogP) is 2.76. The van der Waals surface area contributed by atoms with Crippen molar-refractivity contribution in [3.63, 3.8) is 0 Å². The van der Waals surface area contributed by atoms with Gasteiger partial charge in [0.05, 0.1) is 38.9 Å². The molecule has 3 rings (SSSR count). The second-order valence-corrected chi connectivity index (χ2v) is 12.1. The Labute approximate surface area is 241 Å². The van der Waals surface area contributed by atoms with Gasteiger partial charge >= 0.3 is 13.5 Å². The summed E-state index contributed by atoms with van der Waals surface area (Å²) in [5.74, 6) is -0.208. The molecule has 0 radical (unpaired) electrons. The lowest BCUT2D eigenvalue weighted by Crippen LogP contribution is -2.50. The predicted molar refractivity (Wildman–Crippen MR) is 157 cm³/mol. The monoisotopic (exact) mass is 605 g/mol. The molecule has 236 valence electrons. The van der Waals surface area contributed by atoms with Gasteiger partial charge in [0.15, 0.2) is 11.2 Å². The lowest BCUT2D eigenvalue weighted by atomic mass is 10.1. The van der Waals surface area contributed by atoms with Crippen LogP contribution in [0.2, 0.25) is 0 Å². The highest BCUT2D eigenvalue weighted by atomic mass is 31.2. The molecule has 0 saturated carbocycles. The highest BCUT2D eigenvalue weighted by Gasteiger charge is 2.38. The molecule has 1 saturated heterocycles. The molecule has 14 nitrogen and oxygen atoms in total. The maximum atomic E-state index is 12.1. The van der Waals surface area contributed by atoms with Gasteiger partial charge in [-0.3, -0.25) is 19.3 Å². The summed E-state index contributed by atoms with van der Waals surface area (Å²) in [6, 6.07) is 0. The lowest BCUT2D eigenvalue weighted by Gasteiger charge is -2.39. The van der Waals surface area contributed by atoms with Gasteiger partial charge in [-0.1, -0.05) is 53.4 Å². The molecule has 0 unspecified atom stereocenters. The molecular weight excluding hydrogens is 555 g/mol. The quantitative estimate of drug-likeness (QED) is 0.122. The molecule has 0 aromatic carbocycles. The topological polar surface area (TPSA) is 206 Å². The number of nitrogens with one attached hydrogen (secondary N) is 2. The number of phosphoric ester groups is 1. The van der Waals surface area contributed by atoms with Crippen molar-refractivity contribution < 1.29 is 33.2 Å². The van der Waals surface area contributed by atoms with Gasteiger partial charge in [-0.25, -0.2) is 13.9 Å². The van der Waals surface area contributed by atoms with Crippen molar-refractivity contribution in [1.82, 2.24) is 19.5 Å². The van der Waals surface area contributed by atoms with Crippen molar-refractivity contribution in [1.29, 1.82) is 0 Å². The Morgan fingerprint density at radius 1 is 1.00 bits per heavy atom. The summed E-state index contributed by atoms with van der Waals surface area (Å²) in [6.45, 7) is 14.4. The van der Waals surface area contributed by atoms with E-state index in [-0.39, 0.29) is 23.5 Å². The molecule has 1 fully saturated rings. The molecule has 1 aliphatic rings. The molecule has 2 aromatic rings. The fourth-order valence-electron chi connectivity index (χ4n) is 5.13. The van der Waals surface area contributed by atoms with Crippen molar-refractivity contribution in [2.75, 3.05) is 38.5 Å². The zero-order valence-corrected chi connectivity index (χ0v) is 25.8. The summed E-state index contributed by atoms with van der Waals surface area (Å²) in [5.41, 5.74) is 3.94. The molecule has 3 heterocycles.